The van der Waals surface area contributed by atoms with Gasteiger partial charge in [0.15, 0.2) is 0 Å². The third-order valence-electron chi connectivity index (χ3n) is 3.29. The lowest BCUT2D eigenvalue weighted by atomic mass is 10.2. The van der Waals surface area contributed by atoms with Gasteiger partial charge in [0.05, 0.1) is 0 Å². The Hall–Kier alpha value is -2.53. The molecule has 1 aromatic carbocycles. The SMILES string of the molecule is CN1CCN(C(=O)c2ccc(N=[N+]=[N-])cc2)CCC1=O. The van der Waals surface area contributed by atoms with E-state index in [1.807, 2.05) is 0 Å². The molecule has 1 fully saturated rings. The number of azide groups is 1. The lowest BCUT2D eigenvalue weighted by molar-refractivity contribution is -0.129. The highest BCUT2D eigenvalue weighted by Crippen LogP contribution is 2.15. The quantitative estimate of drug-likeness (QED) is 0.468. The Labute approximate surface area is 116 Å². The highest BCUT2D eigenvalue weighted by atomic mass is 16.2. The molecule has 0 unspecified atom stereocenters. The fourth-order valence-corrected chi connectivity index (χ4v) is 2.04. The van der Waals surface area contributed by atoms with Crippen LogP contribution in [0.3, 0.4) is 0 Å². The Balaban J connectivity index is 2.10. The molecule has 0 radical (unpaired) electrons. The summed E-state index contributed by atoms with van der Waals surface area (Å²) in [4.78, 5) is 29.9. The average molecular weight is 273 g/mol. The molecule has 2 amide bonds. The van der Waals surface area contributed by atoms with Crippen LogP contribution in [0.2, 0.25) is 0 Å². The maximum atomic E-state index is 12.3. The van der Waals surface area contributed by atoms with Crippen molar-refractivity contribution in [2.45, 2.75) is 6.42 Å². The molecule has 20 heavy (non-hydrogen) atoms. The summed E-state index contributed by atoms with van der Waals surface area (Å²) in [6.45, 7) is 1.50. The zero-order chi connectivity index (χ0) is 14.5. The van der Waals surface area contributed by atoms with Crippen molar-refractivity contribution in [3.05, 3.63) is 40.3 Å². The second-order valence-electron chi connectivity index (χ2n) is 4.59. The molecule has 0 aromatic heterocycles. The van der Waals surface area contributed by atoms with Crippen molar-refractivity contribution >= 4 is 17.5 Å². The van der Waals surface area contributed by atoms with Crippen LogP contribution in [0.4, 0.5) is 5.69 Å². The van der Waals surface area contributed by atoms with E-state index in [2.05, 4.69) is 10.0 Å². The fraction of sp³-hybridized carbons (Fsp3) is 0.385. The van der Waals surface area contributed by atoms with Crippen molar-refractivity contribution in [2.75, 3.05) is 26.7 Å². The summed E-state index contributed by atoms with van der Waals surface area (Å²) in [5, 5.41) is 3.46. The van der Waals surface area contributed by atoms with Crippen LogP contribution in [0.25, 0.3) is 10.4 Å². The first-order valence-corrected chi connectivity index (χ1v) is 6.30. The molecule has 0 atom stereocenters. The predicted octanol–water partition coefficient (Wildman–Crippen LogP) is 1.93. The summed E-state index contributed by atoms with van der Waals surface area (Å²) >= 11 is 0. The van der Waals surface area contributed by atoms with Crippen molar-refractivity contribution in [1.82, 2.24) is 9.80 Å². The van der Waals surface area contributed by atoms with E-state index in [1.54, 1.807) is 41.1 Å². The first-order chi connectivity index (χ1) is 9.61. The minimum Gasteiger partial charge on any atom is -0.344 e. The molecule has 2 rings (SSSR count). The van der Waals surface area contributed by atoms with Gasteiger partial charge in [0.1, 0.15) is 0 Å². The number of amides is 2. The van der Waals surface area contributed by atoms with Crippen LogP contribution in [0, 0.1) is 0 Å². The third kappa shape index (κ3) is 3.07. The van der Waals surface area contributed by atoms with E-state index in [0.29, 0.717) is 37.3 Å². The van der Waals surface area contributed by atoms with Crippen LogP contribution < -0.4 is 0 Å². The molecule has 0 saturated carbocycles. The van der Waals surface area contributed by atoms with Gasteiger partial charge in [0, 0.05) is 49.3 Å². The van der Waals surface area contributed by atoms with Crippen LogP contribution in [0.15, 0.2) is 29.4 Å². The highest BCUT2D eigenvalue weighted by molar-refractivity contribution is 5.95. The summed E-state index contributed by atoms with van der Waals surface area (Å²) in [6.07, 6.45) is 0.346. The number of nitrogens with zero attached hydrogens (tertiary/aromatic N) is 5. The number of likely N-dealkylation sites (N-methyl/N-ethyl adjacent to an activating group) is 1. The molecular formula is C13H15N5O2. The summed E-state index contributed by atoms with van der Waals surface area (Å²) < 4.78 is 0. The van der Waals surface area contributed by atoms with Crippen molar-refractivity contribution in [2.24, 2.45) is 5.11 Å². The molecule has 1 heterocycles. The fourth-order valence-electron chi connectivity index (χ4n) is 2.04. The average Bonchev–Trinajstić information content (AvgIpc) is 2.62. The van der Waals surface area contributed by atoms with Gasteiger partial charge < -0.3 is 9.80 Å². The van der Waals surface area contributed by atoms with E-state index >= 15 is 0 Å². The van der Waals surface area contributed by atoms with E-state index in [4.69, 9.17) is 5.53 Å². The van der Waals surface area contributed by atoms with Gasteiger partial charge >= 0.3 is 0 Å². The van der Waals surface area contributed by atoms with Gasteiger partial charge in [-0.05, 0) is 17.7 Å². The molecule has 0 N–H and O–H groups in total. The van der Waals surface area contributed by atoms with Crippen LogP contribution in [0.1, 0.15) is 16.8 Å². The number of rotatable bonds is 2. The van der Waals surface area contributed by atoms with Crippen LogP contribution >= 0.6 is 0 Å². The summed E-state index contributed by atoms with van der Waals surface area (Å²) in [5.74, 6) is -0.0559. The van der Waals surface area contributed by atoms with Crippen molar-refractivity contribution in [3.8, 4) is 0 Å². The number of carbonyl (C=O) groups excluding carboxylic acids is 2. The largest absolute Gasteiger partial charge is 0.344 e. The minimum atomic E-state index is -0.111. The van der Waals surface area contributed by atoms with E-state index < -0.39 is 0 Å². The standard InChI is InChI=1S/C13H15N5O2/c1-17-8-9-18(7-6-12(17)19)13(20)10-2-4-11(5-3-10)15-16-14/h2-5H,6-9H2,1H3. The third-order valence-corrected chi connectivity index (χ3v) is 3.29. The van der Waals surface area contributed by atoms with E-state index in [-0.39, 0.29) is 11.8 Å². The molecule has 7 nitrogen and oxygen atoms in total. The Kier molecular flexibility index (Phi) is 4.22. The van der Waals surface area contributed by atoms with Gasteiger partial charge in [-0.2, -0.15) is 0 Å². The predicted molar refractivity (Wildman–Crippen MR) is 73.4 cm³/mol. The van der Waals surface area contributed by atoms with Crippen LogP contribution in [-0.2, 0) is 4.79 Å². The number of benzene rings is 1. The first-order valence-electron chi connectivity index (χ1n) is 6.30. The van der Waals surface area contributed by atoms with Gasteiger partial charge in [-0.15, -0.1) is 0 Å². The molecule has 104 valence electrons. The molecule has 1 saturated heterocycles. The topological polar surface area (TPSA) is 89.4 Å². The molecule has 0 bridgehead atoms. The molecule has 0 aliphatic carbocycles. The van der Waals surface area contributed by atoms with Crippen molar-refractivity contribution < 1.29 is 9.59 Å². The molecular weight excluding hydrogens is 258 g/mol. The molecule has 1 aromatic rings. The van der Waals surface area contributed by atoms with Gasteiger partial charge in [0.2, 0.25) is 5.91 Å². The Morgan fingerprint density at radius 1 is 1.25 bits per heavy atom. The smallest absolute Gasteiger partial charge is 0.253 e. The Morgan fingerprint density at radius 2 is 1.95 bits per heavy atom. The normalized spacial score (nSPS) is 15.6. The van der Waals surface area contributed by atoms with Gasteiger partial charge in [-0.3, -0.25) is 9.59 Å². The molecule has 7 heteroatoms. The van der Waals surface area contributed by atoms with Gasteiger partial charge in [0.25, 0.3) is 5.91 Å². The van der Waals surface area contributed by atoms with Crippen LogP contribution in [-0.4, -0.2) is 48.3 Å². The lowest BCUT2D eigenvalue weighted by Gasteiger charge is -2.20. The summed E-state index contributed by atoms with van der Waals surface area (Å²) in [5.41, 5.74) is 9.32. The highest BCUT2D eigenvalue weighted by Gasteiger charge is 2.22. The Morgan fingerprint density at radius 3 is 2.60 bits per heavy atom. The number of hydrogen-bond donors (Lipinski definition) is 0. The van der Waals surface area contributed by atoms with Gasteiger partial charge in [-0.25, -0.2) is 0 Å². The van der Waals surface area contributed by atoms with Crippen LogP contribution in [0.5, 0.6) is 0 Å². The zero-order valence-electron chi connectivity index (χ0n) is 11.2. The Bertz CT molecular complexity index is 563. The van der Waals surface area contributed by atoms with Crippen molar-refractivity contribution in [1.29, 1.82) is 0 Å². The van der Waals surface area contributed by atoms with E-state index in [0.717, 1.165) is 0 Å². The minimum absolute atomic E-state index is 0.0546. The van der Waals surface area contributed by atoms with Gasteiger partial charge in [-0.1, -0.05) is 17.2 Å². The molecule has 0 spiro atoms. The lowest BCUT2D eigenvalue weighted by Crippen LogP contribution is -2.34. The molecule has 1 aliphatic heterocycles. The monoisotopic (exact) mass is 273 g/mol. The second kappa shape index (κ2) is 6.08. The zero-order valence-corrected chi connectivity index (χ0v) is 11.2. The number of carbonyl (C=O) groups is 2. The second-order valence-corrected chi connectivity index (χ2v) is 4.59. The first kappa shape index (κ1) is 13.9. The van der Waals surface area contributed by atoms with E-state index in [1.165, 1.54) is 0 Å². The number of hydrogen-bond acceptors (Lipinski definition) is 3. The molecule has 1 aliphatic rings. The maximum Gasteiger partial charge on any atom is 0.253 e. The maximum absolute atomic E-state index is 12.3. The summed E-state index contributed by atoms with van der Waals surface area (Å²) in [7, 11) is 1.74. The van der Waals surface area contributed by atoms with Crippen molar-refractivity contribution in [3.63, 3.8) is 0 Å². The summed E-state index contributed by atoms with van der Waals surface area (Å²) in [6, 6.07) is 6.45. The van der Waals surface area contributed by atoms with E-state index in [9.17, 15) is 9.59 Å².